The maximum absolute atomic E-state index is 10.9. The van der Waals surface area contributed by atoms with Gasteiger partial charge in [0.25, 0.3) is 0 Å². The summed E-state index contributed by atoms with van der Waals surface area (Å²) in [4.78, 5) is 10.9. The third-order valence-corrected chi connectivity index (χ3v) is 5.36. The Morgan fingerprint density at radius 3 is 1.96 bits per heavy atom. The van der Waals surface area contributed by atoms with Gasteiger partial charge < -0.3 is 14.4 Å². The minimum Gasteiger partial charge on any atom is -0.478 e. The molecule has 4 nitrogen and oxygen atoms in total. The molecular formula is C22H35BO4. The normalized spacial score (nSPS) is 15.2. The van der Waals surface area contributed by atoms with Crippen molar-refractivity contribution in [3.63, 3.8) is 0 Å². The highest BCUT2D eigenvalue weighted by Crippen LogP contribution is 2.18. The van der Waals surface area contributed by atoms with Gasteiger partial charge in [-0.2, -0.15) is 0 Å². The van der Waals surface area contributed by atoms with Crippen LogP contribution in [0.15, 0.2) is 24.3 Å². The molecule has 1 saturated heterocycles. The molecule has 0 aliphatic carbocycles. The molecule has 2 rings (SSSR count). The van der Waals surface area contributed by atoms with Crippen LogP contribution in [-0.4, -0.2) is 31.4 Å². The zero-order chi connectivity index (χ0) is 19.3. The van der Waals surface area contributed by atoms with Crippen LogP contribution in [0.4, 0.5) is 0 Å². The fourth-order valence-corrected chi connectivity index (χ4v) is 3.61. The predicted octanol–water partition coefficient (Wildman–Crippen LogP) is 5.05. The standard InChI is InChI=1S/C22H35BO4/c1-2-3-4-5-6-7-8-9-10-11-12-19-17-26-23(27-18-19)21-15-13-20(14-16-21)22(24)25/h13-16,19H,2-12,17-18H2,1H3,(H,24,25). The van der Waals surface area contributed by atoms with Crippen LogP contribution in [0.25, 0.3) is 0 Å². The number of carboxylic acids is 1. The monoisotopic (exact) mass is 374 g/mol. The Bertz CT molecular complexity index is 524. The molecule has 1 aromatic rings. The van der Waals surface area contributed by atoms with E-state index in [0.29, 0.717) is 5.92 Å². The lowest BCUT2D eigenvalue weighted by molar-refractivity contribution is 0.0696. The van der Waals surface area contributed by atoms with E-state index in [0.717, 1.165) is 18.7 Å². The van der Waals surface area contributed by atoms with E-state index < -0.39 is 5.97 Å². The molecule has 0 bridgehead atoms. The summed E-state index contributed by atoms with van der Waals surface area (Å²) in [6.07, 6.45) is 14.8. The van der Waals surface area contributed by atoms with E-state index in [1.54, 1.807) is 24.3 Å². The average Bonchev–Trinajstić information content (AvgIpc) is 2.70. The Labute approximate surface area is 164 Å². The second-order valence-electron chi connectivity index (χ2n) is 7.76. The molecule has 0 atom stereocenters. The van der Waals surface area contributed by atoms with Gasteiger partial charge in [-0.05, 0) is 24.0 Å². The van der Waals surface area contributed by atoms with Gasteiger partial charge in [0.15, 0.2) is 0 Å². The van der Waals surface area contributed by atoms with Gasteiger partial charge >= 0.3 is 13.1 Å². The summed E-state index contributed by atoms with van der Waals surface area (Å²) in [7, 11) is -0.364. The molecule has 150 valence electrons. The molecule has 5 heteroatoms. The van der Waals surface area contributed by atoms with E-state index >= 15 is 0 Å². The van der Waals surface area contributed by atoms with Crippen LogP contribution in [0.3, 0.4) is 0 Å². The van der Waals surface area contributed by atoms with Crippen LogP contribution in [0, 0.1) is 5.92 Å². The molecule has 1 aromatic carbocycles. The summed E-state index contributed by atoms with van der Waals surface area (Å²) in [5.74, 6) is -0.433. The first-order chi connectivity index (χ1) is 13.2. The van der Waals surface area contributed by atoms with Gasteiger partial charge in [-0.1, -0.05) is 83.3 Å². The average molecular weight is 374 g/mol. The van der Waals surface area contributed by atoms with Crippen LogP contribution in [0.1, 0.15) is 87.9 Å². The minimum atomic E-state index is -0.913. The Morgan fingerprint density at radius 2 is 1.44 bits per heavy atom. The van der Waals surface area contributed by atoms with Crippen molar-refractivity contribution in [3.05, 3.63) is 29.8 Å². The van der Waals surface area contributed by atoms with Crippen LogP contribution in [0.5, 0.6) is 0 Å². The third-order valence-electron chi connectivity index (χ3n) is 5.36. The van der Waals surface area contributed by atoms with E-state index in [-0.39, 0.29) is 12.7 Å². The number of hydrogen-bond donors (Lipinski definition) is 1. The Morgan fingerprint density at radius 1 is 0.926 bits per heavy atom. The van der Waals surface area contributed by atoms with Crippen molar-refractivity contribution in [2.45, 2.75) is 77.6 Å². The van der Waals surface area contributed by atoms with E-state index in [4.69, 9.17) is 14.4 Å². The molecule has 27 heavy (non-hydrogen) atoms. The zero-order valence-electron chi connectivity index (χ0n) is 16.8. The molecule has 1 fully saturated rings. The maximum Gasteiger partial charge on any atom is 0.493 e. The highest BCUT2D eigenvalue weighted by Gasteiger charge is 2.28. The molecule has 1 N–H and O–H groups in total. The predicted molar refractivity (Wildman–Crippen MR) is 111 cm³/mol. The number of aromatic carboxylic acids is 1. The Kier molecular flexibility index (Phi) is 10.5. The minimum absolute atomic E-state index is 0.286. The number of carboxylic acid groups (broad SMARTS) is 1. The SMILES string of the molecule is CCCCCCCCCCCCC1COB(c2ccc(C(=O)O)cc2)OC1. The van der Waals surface area contributed by atoms with Crippen LogP contribution < -0.4 is 5.46 Å². The molecule has 0 spiro atoms. The van der Waals surface area contributed by atoms with Crippen molar-refractivity contribution in [1.29, 1.82) is 0 Å². The fraction of sp³-hybridized carbons (Fsp3) is 0.682. The van der Waals surface area contributed by atoms with Gasteiger partial charge in [-0.3, -0.25) is 0 Å². The van der Waals surface area contributed by atoms with Gasteiger partial charge in [-0.25, -0.2) is 4.79 Å². The molecule has 0 aromatic heterocycles. The van der Waals surface area contributed by atoms with Crippen LogP contribution in [-0.2, 0) is 9.31 Å². The first kappa shape index (κ1) is 22.0. The van der Waals surface area contributed by atoms with Gasteiger partial charge in [0, 0.05) is 19.1 Å². The number of hydrogen-bond acceptors (Lipinski definition) is 3. The largest absolute Gasteiger partial charge is 0.493 e. The van der Waals surface area contributed by atoms with Gasteiger partial charge in [0.2, 0.25) is 0 Å². The summed E-state index contributed by atoms with van der Waals surface area (Å²) >= 11 is 0. The maximum atomic E-state index is 10.9. The van der Waals surface area contributed by atoms with Crippen molar-refractivity contribution in [3.8, 4) is 0 Å². The molecule has 1 aliphatic heterocycles. The lowest BCUT2D eigenvalue weighted by atomic mass is 9.77. The van der Waals surface area contributed by atoms with Crippen molar-refractivity contribution >= 4 is 18.6 Å². The Hall–Kier alpha value is -1.33. The lowest BCUT2D eigenvalue weighted by Crippen LogP contribution is -2.44. The van der Waals surface area contributed by atoms with E-state index in [2.05, 4.69) is 6.92 Å². The van der Waals surface area contributed by atoms with Crippen molar-refractivity contribution in [2.24, 2.45) is 5.92 Å². The summed E-state index contributed by atoms with van der Waals surface area (Å²) in [5.41, 5.74) is 1.17. The molecule has 1 heterocycles. The second kappa shape index (κ2) is 13.0. The molecule has 0 amide bonds. The fourth-order valence-electron chi connectivity index (χ4n) is 3.61. The van der Waals surface area contributed by atoms with Crippen molar-refractivity contribution in [2.75, 3.05) is 13.2 Å². The number of unbranched alkanes of at least 4 members (excludes halogenated alkanes) is 9. The molecule has 0 radical (unpaired) electrons. The van der Waals surface area contributed by atoms with Crippen LogP contribution >= 0.6 is 0 Å². The van der Waals surface area contributed by atoms with Gasteiger partial charge in [0.05, 0.1) is 5.56 Å². The van der Waals surface area contributed by atoms with E-state index in [9.17, 15) is 4.79 Å². The Balaban J connectivity index is 1.50. The number of benzene rings is 1. The van der Waals surface area contributed by atoms with E-state index in [1.807, 2.05) is 0 Å². The van der Waals surface area contributed by atoms with Crippen LogP contribution in [0.2, 0.25) is 0 Å². The molecule has 1 aliphatic rings. The van der Waals surface area contributed by atoms with Gasteiger partial charge in [0.1, 0.15) is 0 Å². The third kappa shape index (κ3) is 8.48. The smallest absolute Gasteiger partial charge is 0.478 e. The first-order valence-corrected chi connectivity index (χ1v) is 10.8. The topological polar surface area (TPSA) is 55.8 Å². The summed E-state index contributed by atoms with van der Waals surface area (Å²) in [6.45, 7) is 3.71. The second-order valence-corrected chi connectivity index (χ2v) is 7.76. The molecular weight excluding hydrogens is 339 g/mol. The number of carbonyl (C=O) groups is 1. The number of rotatable bonds is 13. The molecule has 0 unspecified atom stereocenters. The van der Waals surface area contributed by atoms with E-state index in [1.165, 1.54) is 70.6 Å². The van der Waals surface area contributed by atoms with Crippen molar-refractivity contribution in [1.82, 2.24) is 0 Å². The molecule has 0 saturated carbocycles. The lowest BCUT2D eigenvalue weighted by Gasteiger charge is -2.27. The quantitative estimate of drug-likeness (QED) is 0.388. The van der Waals surface area contributed by atoms with Crippen molar-refractivity contribution < 1.29 is 19.2 Å². The summed E-state index contributed by atoms with van der Waals surface area (Å²) in [5, 5.41) is 8.95. The highest BCUT2D eigenvalue weighted by molar-refractivity contribution is 6.61. The van der Waals surface area contributed by atoms with Gasteiger partial charge in [-0.15, -0.1) is 0 Å². The summed E-state index contributed by atoms with van der Waals surface area (Å²) in [6, 6.07) is 6.74. The zero-order valence-corrected chi connectivity index (χ0v) is 16.8. The first-order valence-electron chi connectivity index (χ1n) is 10.8. The highest BCUT2D eigenvalue weighted by atomic mass is 16.6. The summed E-state index contributed by atoms with van der Waals surface area (Å²) < 4.78 is 11.7.